The van der Waals surface area contributed by atoms with Crippen molar-refractivity contribution in [3.63, 3.8) is 0 Å². The number of anilines is 1. The monoisotopic (exact) mass is 343 g/mol. The van der Waals surface area contributed by atoms with Crippen LogP contribution in [0.1, 0.15) is 11.1 Å². The first-order chi connectivity index (χ1) is 10.1. The lowest BCUT2D eigenvalue weighted by atomic mass is 10.1. The van der Waals surface area contributed by atoms with Crippen molar-refractivity contribution >= 4 is 21.6 Å². The van der Waals surface area contributed by atoms with Gasteiger partial charge >= 0.3 is 0 Å². The van der Waals surface area contributed by atoms with Gasteiger partial charge in [-0.2, -0.15) is 0 Å². The van der Waals surface area contributed by atoms with Gasteiger partial charge in [-0.1, -0.05) is 35.9 Å². The maximum absolute atomic E-state index is 5.92. The molecule has 0 fully saturated rings. The van der Waals surface area contributed by atoms with Crippen LogP contribution in [0.15, 0.2) is 46.9 Å². The Labute approximate surface area is 130 Å². The highest BCUT2D eigenvalue weighted by Crippen LogP contribution is 2.31. The fraction of sp³-hybridized carbons (Fsp3) is 0.133. The molecule has 0 aliphatic rings. The van der Waals surface area contributed by atoms with Gasteiger partial charge in [0, 0.05) is 11.3 Å². The summed E-state index contributed by atoms with van der Waals surface area (Å²) < 4.78 is 2.58. The van der Waals surface area contributed by atoms with Crippen LogP contribution in [0.25, 0.3) is 11.4 Å². The highest BCUT2D eigenvalue weighted by Gasteiger charge is 2.13. The fourth-order valence-electron chi connectivity index (χ4n) is 2.09. The number of nitrogen functional groups attached to an aromatic ring is 1. The van der Waals surface area contributed by atoms with Gasteiger partial charge in [-0.15, -0.1) is 5.10 Å². The van der Waals surface area contributed by atoms with Crippen LogP contribution in [-0.2, 0) is 6.54 Å². The summed E-state index contributed by atoms with van der Waals surface area (Å²) in [5, 5.41) is 12.0. The molecule has 0 amide bonds. The Bertz CT molecular complexity index is 764. The van der Waals surface area contributed by atoms with E-state index in [-0.39, 0.29) is 0 Å². The second-order valence-electron chi connectivity index (χ2n) is 4.85. The average molecular weight is 344 g/mol. The van der Waals surface area contributed by atoms with Crippen LogP contribution < -0.4 is 5.73 Å². The van der Waals surface area contributed by atoms with Crippen molar-refractivity contribution in [1.82, 2.24) is 20.2 Å². The summed E-state index contributed by atoms with van der Waals surface area (Å²) in [6.45, 7) is 2.68. The Morgan fingerprint density at radius 1 is 1.14 bits per heavy atom. The molecule has 0 saturated heterocycles. The predicted octanol–water partition coefficient (Wildman–Crippen LogP) is 3.04. The Balaban J connectivity index is 1.97. The molecule has 2 aromatic carbocycles. The van der Waals surface area contributed by atoms with Crippen LogP contribution in [-0.4, -0.2) is 20.2 Å². The van der Waals surface area contributed by atoms with E-state index in [2.05, 4.69) is 62.6 Å². The first kappa shape index (κ1) is 13.8. The zero-order valence-electron chi connectivity index (χ0n) is 11.5. The van der Waals surface area contributed by atoms with Crippen LogP contribution in [0.4, 0.5) is 5.69 Å². The standard InChI is InChI=1S/C15H14BrN5/c1-10-5-7-11(8-6-10)9-21-15(18-19-20-21)12-3-2-4-13(17)14(12)16/h2-8H,9,17H2,1H3. The highest BCUT2D eigenvalue weighted by atomic mass is 79.9. The third kappa shape index (κ3) is 2.80. The van der Waals surface area contributed by atoms with Gasteiger partial charge in [-0.05, 0) is 51.0 Å². The second-order valence-corrected chi connectivity index (χ2v) is 5.65. The minimum absolute atomic E-state index is 0.615. The van der Waals surface area contributed by atoms with Crippen molar-refractivity contribution in [2.45, 2.75) is 13.5 Å². The first-order valence-electron chi connectivity index (χ1n) is 6.51. The van der Waals surface area contributed by atoms with E-state index in [4.69, 9.17) is 5.73 Å². The van der Waals surface area contributed by atoms with Crippen LogP contribution in [0.2, 0.25) is 0 Å². The van der Waals surface area contributed by atoms with Crippen molar-refractivity contribution in [2.75, 3.05) is 5.73 Å². The number of aryl methyl sites for hydroxylation is 1. The summed E-state index contributed by atoms with van der Waals surface area (Å²) in [5.41, 5.74) is 9.85. The average Bonchev–Trinajstić information content (AvgIpc) is 2.92. The van der Waals surface area contributed by atoms with Gasteiger partial charge in [0.15, 0.2) is 5.82 Å². The molecule has 0 spiro atoms. The SMILES string of the molecule is Cc1ccc(Cn2nnnc2-c2cccc(N)c2Br)cc1. The highest BCUT2D eigenvalue weighted by molar-refractivity contribution is 9.10. The molecule has 21 heavy (non-hydrogen) atoms. The molecule has 1 aromatic heterocycles. The molecule has 6 heteroatoms. The normalized spacial score (nSPS) is 10.8. The third-order valence-corrected chi connectivity index (χ3v) is 4.14. The molecule has 0 saturated carbocycles. The molecule has 0 aliphatic heterocycles. The maximum atomic E-state index is 5.92. The van der Waals surface area contributed by atoms with Gasteiger partial charge in [-0.3, -0.25) is 0 Å². The van der Waals surface area contributed by atoms with Crippen LogP contribution in [0.3, 0.4) is 0 Å². The quantitative estimate of drug-likeness (QED) is 0.742. The van der Waals surface area contributed by atoms with Crippen LogP contribution in [0, 0.1) is 6.92 Å². The second kappa shape index (κ2) is 5.65. The number of nitrogens with zero attached hydrogens (tertiary/aromatic N) is 4. The summed E-state index contributed by atoms with van der Waals surface area (Å²) in [4.78, 5) is 0. The molecule has 2 N–H and O–H groups in total. The van der Waals surface area contributed by atoms with E-state index in [0.29, 0.717) is 18.1 Å². The van der Waals surface area contributed by atoms with E-state index in [1.54, 1.807) is 4.68 Å². The lowest BCUT2D eigenvalue weighted by Crippen LogP contribution is -2.05. The smallest absolute Gasteiger partial charge is 0.183 e. The van der Waals surface area contributed by atoms with Gasteiger partial charge in [0.25, 0.3) is 0 Å². The van der Waals surface area contributed by atoms with Crippen molar-refractivity contribution in [1.29, 1.82) is 0 Å². The summed E-state index contributed by atoms with van der Waals surface area (Å²) in [5.74, 6) is 0.690. The van der Waals surface area contributed by atoms with Crippen LogP contribution >= 0.6 is 15.9 Å². The van der Waals surface area contributed by atoms with E-state index in [9.17, 15) is 0 Å². The molecule has 3 rings (SSSR count). The zero-order valence-corrected chi connectivity index (χ0v) is 13.1. The van der Waals surface area contributed by atoms with E-state index in [0.717, 1.165) is 15.6 Å². The van der Waals surface area contributed by atoms with E-state index in [1.807, 2.05) is 18.2 Å². The van der Waals surface area contributed by atoms with Crippen molar-refractivity contribution in [3.8, 4) is 11.4 Å². The Hall–Kier alpha value is -2.21. The van der Waals surface area contributed by atoms with Gasteiger partial charge < -0.3 is 5.73 Å². The number of tetrazole rings is 1. The predicted molar refractivity (Wildman–Crippen MR) is 85.6 cm³/mol. The summed E-state index contributed by atoms with van der Waals surface area (Å²) in [6, 6.07) is 14.0. The van der Waals surface area contributed by atoms with Crippen LogP contribution in [0.5, 0.6) is 0 Å². The van der Waals surface area contributed by atoms with E-state index in [1.165, 1.54) is 5.56 Å². The molecule has 0 atom stereocenters. The Kier molecular flexibility index (Phi) is 3.70. The zero-order chi connectivity index (χ0) is 14.8. The number of halogens is 1. The first-order valence-corrected chi connectivity index (χ1v) is 7.30. The summed E-state index contributed by atoms with van der Waals surface area (Å²) in [7, 11) is 0. The number of hydrogen-bond donors (Lipinski definition) is 1. The topological polar surface area (TPSA) is 69.6 Å². The molecule has 5 nitrogen and oxygen atoms in total. The molecule has 0 aliphatic carbocycles. The van der Waals surface area contributed by atoms with Gasteiger partial charge in [0.2, 0.25) is 0 Å². The molecule has 3 aromatic rings. The number of rotatable bonds is 3. The third-order valence-electron chi connectivity index (χ3n) is 3.25. The fourth-order valence-corrected chi connectivity index (χ4v) is 2.53. The lowest BCUT2D eigenvalue weighted by molar-refractivity contribution is 0.653. The molecule has 0 bridgehead atoms. The maximum Gasteiger partial charge on any atom is 0.183 e. The largest absolute Gasteiger partial charge is 0.398 e. The molecule has 106 valence electrons. The molecule has 1 heterocycles. The molecular formula is C15H14BrN5. The number of nitrogens with two attached hydrogens (primary N) is 1. The minimum atomic E-state index is 0.615. The number of aromatic nitrogens is 4. The Morgan fingerprint density at radius 2 is 1.90 bits per heavy atom. The van der Waals surface area contributed by atoms with E-state index < -0.39 is 0 Å². The van der Waals surface area contributed by atoms with Crippen molar-refractivity contribution in [3.05, 3.63) is 58.1 Å². The molecule has 0 unspecified atom stereocenters. The molecular weight excluding hydrogens is 330 g/mol. The van der Waals surface area contributed by atoms with E-state index >= 15 is 0 Å². The van der Waals surface area contributed by atoms with Gasteiger partial charge in [-0.25, -0.2) is 4.68 Å². The van der Waals surface area contributed by atoms with Gasteiger partial charge in [0.1, 0.15) is 0 Å². The summed E-state index contributed by atoms with van der Waals surface area (Å²) >= 11 is 3.50. The Morgan fingerprint density at radius 3 is 2.67 bits per heavy atom. The minimum Gasteiger partial charge on any atom is -0.398 e. The number of hydrogen-bond acceptors (Lipinski definition) is 4. The van der Waals surface area contributed by atoms with Crippen molar-refractivity contribution in [2.24, 2.45) is 0 Å². The lowest BCUT2D eigenvalue weighted by Gasteiger charge is -2.08. The number of benzene rings is 2. The molecule has 0 radical (unpaired) electrons. The summed E-state index contributed by atoms with van der Waals surface area (Å²) in [6.07, 6.45) is 0. The van der Waals surface area contributed by atoms with Gasteiger partial charge in [0.05, 0.1) is 11.0 Å². The van der Waals surface area contributed by atoms with Crippen molar-refractivity contribution < 1.29 is 0 Å².